The Hall–Kier alpha value is -0.573. The average Bonchev–Trinajstić information content (AvgIpc) is 1.96. The van der Waals surface area contributed by atoms with Crippen molar-refractivity contribution in [3.05, 3.63) is 11.6 Å². The van der Waals surface area contributed by atoms with E-state index in [-0.39, 0.29) is 5.97 Å². The van der Waals surface area contributed by atoms with Crippen LogP contribution in [-0.2, 0) is 9.22 Å². The van der Waals surface area contributed by atoms with Crippen LogP contribution in [-0.4, -0.2) is 14.3 Å². The molecule has 0 bridgehead atoms. The van der Waals surface area contributed by atoms with E-state index < -0.39 is 8.32 Å². The van der Waals surface area contributed by atoms with Gasteiger partial charge in [-0.15, -0.1) is 0 Å². The van der Waals surface area contributed by atoms with Gasteiger partial charge < -0.3 is 4.43 Å². The van der Waals surface area contributed by atoms with Crippen LogP contribution in [0.2, 0.25) is 19.6 Å². The van der Waals surface area contributed by atoms with Crippen LogP contribution in [0, 0.1) is 0 Å². The van der Waals surface area contributed by atoms with Gasteiger partial charge in [-0.1, -0.05) is 19.4 Å². The second kappa shape index (κ2) is 5.22. The molecule has 0 radical (unpaired) electrons. The summed E-state index contributed by atoms with van der Waals surface area (Å²) in [6.07, 6.45) is 3.96. The van der Waals surface area contributed by atoms with Gasteiger partial charge in [0.25, 0.3) is 0 Å². The van der Waals surface area contributed by atoms with Gasteiger partial charge in [0, 0.05) is 5.57 Å². The van der Waals surface area contributed by atoms with Crippen molar-refractivity contribution in [2.75, 3.05) is 0 Å². The van der Waals surface area contributed by atoms with Crippen molar-refractivity contribution in [1.29, 1.82) is 0 Å². The Balaban J connectivity index is 4.12. The Kier molecular flexibility index (Phi) is 4.99. The quantitative estimate of drug-likeness (QED) is 0.515. The predicted molar refractivity (Wildman–Crippen MR) is 58.1 cm³/mol. The molecule has 76 valence electrons. The van der Waals surface area contributed by atoms with Gasteiger partial charge in [0.1, 0.15) is 0 Å². The first-order valence-electron chi connectivity index (χ1n) is 4.77. The first-order chi connectivity index (χ1) is 5.87. The molecule has 0 aromatic heterocycles. The van der Waals surface area contributed by atoms with E-state index in [0.717, 1.165) is 18.4 Å². The third kappa shape index (κ3) is 6.58. The maximum absolute atomic E-state index is 11.4. The Morgan fingerprint density at radius 1 is 1.38 bits per heavy atom. The van der Waals surface area contributed by atoms with Crippen molar-refractivity contribution in [2.45, 2.75) is 46.3 Å². The highest BCUT2D eigenvalue weighted by atomic mass is 28.4. The molecule has 0 amide bonds. The summed E-state index contributed by atoms with van der Waals surface area (Å²) < 4.78 is 5.33. The third-order valence-corrected chi connectivity index (χ3v) is 2.26. The van der Waals surface area contributed by atoms with Gasteiger partial charge in [-0.3, -0.25) is 0 Å². The molecule has 0 rings (SSSR count). The molecule has 0 heterocycles. The molecule has 0 aliphatic heterocycles. The molecule has 0 aromatic rings. The number of carbonyl (C=O) groups excluding carboxylic acids is 1. The lowest BCUT2D eigenvalue weighted by Crippen LogP contribution is -2.29. The lowest BCUT2D eigenvalue weighted by molar-refractivity contribution is -0.130. The molecule has 0 saturated heterocycles. The zero-order chi connectivity index (χ0) is 10.5. The molecule has 0 aliphatic rings. The minimum atomic E-state index is -1.71. The van der Waals surface area contributed by atoms with Crippen LogP contribution in [0.4, 0.5) is 0 Å². The molecule has 3 heteroatoms. The van der Waals surface area contributed by atoms with Crippen molar-refractivity contribution in [3.63, 3.8) is 0 Å². The maximum atomic E-state index is 11.4. The molecule has 0 N–H and O–H groups in total. The standard InChI is InChI=1S/C10H20O2Si/c1-6-7-8-9(2)10(11)12-13(3,4)5/h8H,6-7H2,1-5H3. The fraction of sp³-hybridized carbons (Fsp3) is 0.700. The van der Waals surface area contributed by atoms with Crippen LogP contribution < -0.4 is 0 Å². The van der Waals surface area contributed by atoms with Crippen LogP contribution in [0.1, 0.15) is 26.7 Å². The molecular weight excluding hydrogens is 180 g/mol. The van der Waals surface area contributed by atoms with Crippen molar-refractivity contribution in [1.82, 2.24) is 0 Å². The number of carbonyl (C=O) groups is 1. The summed E-state index contributed by atoms with van der Waals surface area (Å²) in [6, 6.07) is 0. The summed E-state index contributed by atoms with van der Waals surface area (Å²) in [5, 5.41) is 0. The van der Waals surface area contributed by atoms with Gasteiger partial charge in [-0.05, 0) is 33.0 Å². The minimum Gasteiger partial charge on any atom is -0.517 e. The number of hydrogen-bond acceptors (Lipinski definition) is 2. The van der Waals surface area contributed by atoms with Gasteiger partial charge in [-0.25, -0.2) is 4.79 Å². The topological polar surface area (TPSA) is 26.3 Å². The SMILES string of the molecule is CCCC=C(C)C(=O)O[Si](C)(C)C. The van der Waals surface area contributed by atoms with Gasteiger partial charge in [0.2, 0.25) is 8.32 Å². The second-order valence-corrected chi connectivity index (χ2v) is 8.61. The number of unbranched alkanes of at least 4 members (excludes halogenated alkanes) is 1. The molecule has 13 heavy (non-hydrogen) atoms. The van der Waals surface area contributed by atoms with Crippen LogP contribution in [0.15, 0.2) is 11.6 Å². The lowest BCUT2D eigenvalue weighted by atomic mass is 10.2. The van der Waals surface area contributed by atoms with E-state index in [4.69, 9.17) is 4.43 Å². The Bertz CT molecular complexity index is 201. The molecule has 0 aromatic carbocycles. The fourth-order valence-electron chi connectivity index (χ4n) is 0.803. The highest BCUT2D eigenvalue weighted by Gasteiger charge is 2.20. The molecule has 0 fully saturated rings. The number of hydrogen-bond donors (Lipinski definition) is 0. The van der Waals surface area contributed by atoms with Crippen molar-refractivity contribution in [3.8, 4) is 0 Å². The van der Waals surface area contributed by atoms with E-state index in [9.17, 15) is 4.79 Å². The summed E-state index contributed by atoms with van der Waals surface area (Å²) in [6.45, 7) is 9.94. The third-order valence-electron chi connectivity index (χ3n) is 1.46. The fourth-order valence-corrected chi connectivity index (χ4v) is 1.52. The van der Waals surface area contributed by atoms with E-state index >= 15 is 0 Å². The van der Waals surface area contributed by atoms with Gasteiger partial charge in [0.05, 0.1) is 0 Å². The Labute approximate surface area is 82.1 Å². The van der Waals surface area contributed by atoms with E-state index in [0.29, 0.717) is 0 Å². The Morgan fingerprint density at radius 3 is 2.31 bits per heavy atom. The van der Waals surface area contributed by atoms with E-state index in [1.165, 1.54) is 0 Å². The highest BCUT2D eigenvalue weighted by molar-refractivity contribution is 6.71. The zero-order valence-electron chi connectivity index (χ0n) is 9.31. The van der Waals surface area contributed by atoms with Crippen LogP contribution in [0.3, 0.4) is 0 Å². The number of rotatable bonds is 4. The van der Waals surface area contributed by atoms with Crippen LogP contribution in [0.5, 0.6) is 0 Å². The molecular formula is C10H20O2Si. The predicted octanol–water partition coefficient (Wildman–Crippen LogP) is 3.11. The smallest absolute Gasteiger partial charge is 0.320 e. The maximum Gasteiger partial charge on any atom is 0.320 e. The largest absolute Gasteiger partial charge is 0.517 e. The minimum absolute atomic E-state index is 0.146. The summed E-state index contributed by atoms with van der Waals surface area (Å²) in [7, 11) is -1.71. The normalized spacial score (nSPS) is 12.8. The molecule has 0 atom stereocenters. The second-order valence-electron chi connectivity index (χ2n) is 4.18. The van der Waals surface area contributed by atoms with E-state index in [2.05, 4.69) is 6.92 Å². The summed E-state index contributed by atoms with van der Waals surface area (Å²) >= 11 is 0. The first kappa shape index (κ1) is 12.4. The summed E-state index contributed by atoms with van der Waals surface area (Å²) in [4.78, 5) is 11.4. The van der Waals surface area contributed by atoms with Crippen molar-refractivity contribution < 1.29 is 9.22 Å². The van der Waals surface area contributed by atoms with Gasteiger partial charge in [0.15, 0.2) is 0 Å². The van der Waals surface area contributed by atoms with Crippen LogP contribution in [0.25, 0.3) is 0 Å². The lowest BCUT2D eigenvalue weighted by Gasteiger charge is -2.17. The molecule has 0 spiro atoms. The molecule has 0 unspecified atom stereocenters. The molecule has 2 nitrogen and oxygen atoms in total. The summed E-state index contributed by atoms with van der Waals surface area (Å²) in [5.41, 5.74) is 0.740. The zero-order valence-corrected chi connectivity index (χ0v) is 10.3. The van der Waals surface area contributed by atoms with Gasteiger partial charge in [-0.2, -0.15) is 0 Å². The Morgan fingerprint density at radius 2 is 1.92 bits per heavy atom. The van der Waals surface area contributed by atoms with Gasteiger partial charge >= 0.3 is 5.97 Å². The average molecular weight is 200 g/mol. The first-order valence-corrected chi connectivity index (χ1v) is 8.17. The van der Waals surface area contributed by atoms with Crippen LogP contribution >= 0.6 is 0 Å². The van der Waals surface area contributed by atoms with E-state index in [1.807, 2.05) is 32.6 Å². The van der Waals surface area contributed by atoms with Crippen molar-refractivity contribution >= 4 is 14.3 Å². The monoisotopic (exact) mass is 200 g/mol. The van der Waals surface area contributed by atoms with Crippen molar-refractivity contribution in [2.24, 2.45) is 0 Å². The molecule has 0 aliphatic carbocycles. The molecule has 0 saturated carbocycles. The number of allylic oxidation sites excluding steroid dienone is 1. The summed E-state index contributed by atoms with van der Waals surface area (Å²) in [5.74, 6) is -0.146. The van der Waals surface area contributed by atoms with E-state index in [1.54, 1.807) is 0 Å². The highest BCUT2D eigenvalue weighted by Crippen LogP contribution is 2.08.